The van der Waals surface area contributed by atoms with Crippen LogP contribution in [0.25, 0.3) is 11.0 Å². The number of nitrogens with zero attached hydrogens (tertiary/aromatic N) is 5. The van der Waals surface area contributed by atoms with Crippen molar-refractivity contribution in [3.8, 4) is 0 Å². The Bertz CT molecular complexity index is 713. The molecule has 23 heavy (non-hydrogen) atoms. The minimum Gasteiger partial charge on any atom is -0.347 e. The molecule has 2 heterocycles. The molecule has 0 aliphatic heterocycles. The minimum absolute atomic E-state index is 0.0185. The first kappa shape index (κ1) is 17.0. The maximum atomic E-state index is 11.9. The highest BCUT2D eigenvalue weighted by Gasteiger charge is 2.16. The average Bonchev–Trinajstić information content (AvgIpc) is 3.04. The lowest BCUT2D eigenvalue weighted by atomic mass is 10.3. The number of amides is 2. The maximum absolute atomic E-state index is 11.9. The molecule has 0 aromatic carbocycles. The van der Waals surface area contributed by atoms with Crippen LogP contribution in [0.2, 0.25) is 0 Å². The number of nitrogens with one attached hydrogen (secondary N) is 1. The molecule has 0 saturated heterocycles. The van der Waals surface area contributed by atoms with E-state index >= 15 is 0 Å². The Balaban J connectivity index is 2.00. The van der Waals surface area contributed by atoms with E-state index in [4.69, 9.17) is 0 Å². The lowest BCUT2D eigenvalue weighted by Gasteiger charge is -2.11. The summed E-state index contributed by atoms with van der Waals surface area (Å²) in [6.07, 6.45) is 2.05. The monoisotopic (exact) mass is 320 g/mol. The molecule has 2 rings (SSSR count). The van der Waals surface area contributed by atoms with Crippen LogP contribution in [0.3, 0.4) is 0 Å². The fourth-order valence-corrected chi connectivity index (χ4v) is 2.37. The van der Waals surface area contributed by atoms with Crippen molar-refractivity contribution < 1.29 is 9.59 Å². The Hall–Kier alpha value is -2.38. The standard InChI is InChI=1S/C15H24N6O2/c1-10(2)21-12-8-17-20(15(12)11(3)18-21)7-6-13(22)16-9-14(23)19(4)5/h8,10H,6-7,9H2,1-5H3,(H,16,22). The molecule has 8 heteroatoms. The highest BCUT2D eigenvalue weighted by atomic mass is 16.2. The summed E-state index contributed by atoms with van der Waals surface area (Å²) in [4.78, 5) is 24.8. The first-order chi connectivity index (χ1) is 10.8. The Morgan fingerprint density at radius 2 is 2.04 bits per heavy atom. The number of fused-ring (bicyclic) bond motifs is 1. The molecule has 2 aromatic heterocycles. The van der Waals surface area contributed by atoms with E-state index in [9.17, 15) is 9.59 Å². The van der Waals surface area contributed by atoms with Crippen LogP contribution < -0.4 is 5.32 Å². The van der Waals surface area contributed by atoms with Crippen molar-refractivity contribution >= 4 is 22.8 Å². The predicted molar refractivity (Wildman–Crippen MR) is 87.0 cm³/mol. The minimum atomic E-state index is -0.169. The average molecular weight is 320 g/mol. The molecule has 0 spiro atoms. The van der Waals surface area contributed by atoms with Crippen LogP contribution >= 0.6 is 0 Å². The topological polar surface area (TPSA) is 85.0 Å². The van der Waals surface area contributed by atoms with Gasteiger partial charge in [-0.2, -0.15) is 10.2 Å². The molecule has 0 bridgehead atoms. The molecule has 0 aliphatic rings. The van der Waals surface area contributed by atoms with Crippen molar-refractivity contribution in [2.24, 2.45) is 0 Å². The van der Waals surface area contributed by atoms with E-state index in [2.05, 4.69) is 29.4 Å². The molecular weight excluding hydrogens is 296 g/mol. The van der Waals surface area contributed by atoms with Gasteiger partial charge in [0.15, 0.2) is 0 Å². The molecule has 2 amide bonds. The van der Waals surface area contributed by atoms with Crippen LogP contribution in [0, 0.1) is 6.92 Å². The van der Waals surface area contributed by atoms with Gasteiger partial charge >= 0.3 is 0 Å². The van der Waals surface area contributed by atoms with Crippen LogP contribution in [0.15, 0.2) is 6.20 Å². The van der Waals surface area contributed by atoms with E-state index in [1.165, 1.54) is 4.90 Å². The van der Waals surface area contributed by atoms with Gasteiger partial charge in [0.25, 0.3) is 0 Å². The van der Waals surface area contributed by atoms with E-state index in [1.54, 1.807) is 25.0 Å². The lowest BCUT2D eigenvalue weighted by Crippen LogP contribution is -2.36. The molecule has 0 saturated carbocycles. The zero-order valence-electron chi connectivity index (χ0n) is 14.3. The van der Waals surface area contributed by atoms with Gasteiger partial charge in [0.2, 0.25) is 11.8 Å². The van der Waals surface area contributed by atoms with E-state index < -0.39 is 0 Å². The Morgan fingerprint density at radius 3 is 2.65 bits per heavy atom. The van der Waals surface area contributed by atoms with Crippen molar-refractivity contribution in [1.29, 1.82) is 0 Å². The zero-order valence-corrected chi connectivity index (χ0v) is 14.3. The van der Waals surface area contributed by atoms with Crippen molar-refractivity contribution in [2.45, 2.75) is 39.8 Å². The third kappa shape index (κ3) is 3.69. The molecule has 0 atom stereocenters. The van der Waals surface area contributed by atoms with Crippen molar-refractivity contribution in [3.05, 3.63) is 11.9 Å². The largest absolute Gasteiger partial charge is 0.347 e. The molecule has 0 radical (unpaired) electrons. The van der Waals surface area contributed by atoms with Crippen LogP contribution in [0.1, 0.15) is 32.0 Å². The van der Waals surface area contributed by atoms with Crippen LogP contribution in [-0.2, 0) is 16.1 Å². The number of carbonyl (C=O) groups is 2. The third-order valence-corrected chi connectivity index (χ3v) is 3.64. The first-order valence-electron chi connectivity index (χ1n) is 7.68. The second kappa shape index (κ2) is 6.80. The fraction of sp³-hybridized carbons (Fsp3) is 0.600. The van der Waals surface area contributed by atoms with Gasteiger partial charge in [0.1, 0.15) is 11.0 Å². The highest BCUT2D eigenvalue weighted by molar-refractivity contribution is 5.84. The van der Waals surface area contributed by atoms with Gasteiger partial charge in [-0.3, -0.25) is 19.0 Å². The Labute approximate surface area is 135 Å². The van der Waals surface area contributed by atoms with Gasteiger partial charge in [-0.25, -0.2) is 0 Å². The molecule has 0 unspecified atom stereocenters. The quantitative estimate of drug-likeness (QED) is 0.850. The predicted octanol–water partition coefficient (Wildman–Crippen LogP) is 0.717. The SMILES string of the molecule is Cc1nn(C(C)C)c2cnn(CCC(=O)NCC(=O)N(C)C)c12. The normalized spacial score (nSPS) is 11.2. The summed E-state index contributed by atoms with van der Waals surface area (Å²) in [6.45, 7) is 6.55. The smallest absolute Gasteiger partial charge is 0.241 e. The lowest BCUT2D eigenvalue weighted by molar-refractivity contribution is -0.130. The second-order valence-corrected chi connectivity index (χ2v) is 6.04. The number of hydrogen-bond acceptors (Lipinski definition) is 4. The summed E-state index contributed by atoms with van der Waals surface area (Å²) >= 11 is 0. The van der Waals surface area contributed by atoms with E-state index in [0.717, 1.165) is 16.7 Å². The molecule has 1 N–H and O–H groups in total. The second-order valence-electron chi connectivity index (χ2n) is 6.04. The fourth-order valence-electron chi connectivity index (χ4n) is 2.37. The van der Waals surface area contributed by atoms with E-state index in [0.29, 0.717) is 6.54 Å². The number of carbonyl (C=O) groups excluding carboxylic acids is 2. The van der Waals surface area contributed by atoms with Gasteiger partial charge < -0.3 is 10.2 Å². The molecule has 8 nitrogen and oxygen atoms in total. The molecule has 0 aliphatic carbocycles. The molecular formula is C15H24N6O2. The number of likely N-dealkylation sites (N-methyl/N-ethyl adjacent to an activating group) is 1. The molecule has 2 aromatic rings. The van der Waals surface area contributed by atoms with E-state index in [1.807, 2.05) is 11.6 Å². The summed E-state index contributed by atoms with van der Waals surface area (Å²) in [5.41, 5.74) is 2.82. The van der Waals surface area contributed by atoms with Crippen molar-refractivity contribution in [2.75, 3.05) is 20.6 Å². The van der Waals surface area contributed by atoms with E-state index in [-0.39, 0.29) is 30.8 Å². The summed E-state index contributed by atoms with van der Waals surface area (Å²) < 4.78 is 3.73. The first-order valence-corrected chi connectivity index (χ1v) is 7.68. The van der Waals surface area contributed by atoms with Gasteiger partial charge in [-0.05, 0) is 20.8 Å². The van der Waals surface area contributed by atoms with Gasteiger partial charge in [0.05, 0.1) is 25.0 Å². The summed E-state index contributed by atoms with van der Waals surface area (Å²) in [5.74, 6) is -0.299. The molecule has 0 fully saturated rings. The third-order valence-electron chi connectivity index (χ3n) is 3.64. The highest BCUT2D eigenvalue weighted by Crippen LogP contribution is 2.21. The number of hydrogen-bond donors (Lipinski definition) is 1. The van der Waals surface area contributed by atoms with Crippen LogP contribution in [0.5, 0.6) is 0 Å². The van der Waals surface area contributed by atoms with Gasteiger partial charge in [-0.15, -0.1) is 0 Å². The van der Waals surface area contributed by atoms with Gasteiger partial charge in [0, 0.05) is 26.6 Å². The van der Waals surface area contributed by atoms with Crippen molar-refractivity contribution in [3.63, 3.8) is 0 Å². The summed E-state index contributed by atoms with van der Waals surface area (Å²) in [7, 11) is 3.31. The van der Waals surface area contributed by atoms with Gasteiger partial charge in [-0.1, -0.05) is 0 Å². The summed E-state index contributed by atoms with van der Waals surface area (Å²) in [5, 5.41) is 11.5. The maximum Gasteiger partial charge on any atom is 0.241 e. The number of rotatable bonds is 6. The van der Waals surface area contributed by atoms with Crippen LogP contribution in [-0.4, -0.2) is 56.9 Å². The van der Waals surface area contributed by atoms with Crippen molar-refractivity contribution in [1.82, 2.24) is 29.8 Å². The Kier molecular flexibility index (Phi) is 5.02. The zero-order chi connectivity index (χ0) is 17.1. The Morgan fingerprint density at radius 1 is 1.35 bits per heavy atom. The number of aromatic nitrogens is 4. The number of aryl methyl sites for hydroxylation is 2. The molecule has 126 valence electrons. The van der Waals surface area contributed by atoms with Crippen LogP contribution in [0.4, 0.5) is 0 Å². The summed E-state index contributed by atoms with van der Waals surface area (Å²) in [6, 6.07) is 0.254.